The van der Waals surface area contributed by atoms with Crippen LogP contribution in [0.3, 0.4) is 0 Å². The molecule has 6 heteroatoms. The Balaban J connectivity index is 1.75. The number of aromatic nitrogens is 3. The molecule has 0 aliphatic heterocycles. The van der Waals surface area contributed by atoms with Gasteiger partial charge in [-0.3, -0.25) is 14.6 Å². The van der Waals surface area contributed by atoms with E-state index in [2.05, 4.69) is 20.3 Å². The van der Waals surface area contributed by atoms with E-state index in [0.717, 1.165) is 11.1 Å². The topological polar surface area (TPSA) is 87.7 Å². The SMILES string of the molecule is O=C(NCc1ccncc1)c1cnc(-c2ccccc2)[nH]c1=O. The molecule has 2 N–H and O–H groups in total. The molecule has 1 amide bonds. The first-order valence-electron chi connectivity index (χ1n) is 7.06. The Labute approximate surface area is 132 Å². The van der Waals surface area contributed by atoms with Crippen LogP contribution in [0, 0.1) is 0 Å². The lowest BCUT2D eigenvalue weighted by Crippen LogP contribution is -2.29. The number of carbonyl (C=O) groups excluding carboxylic acids is 1. The Morgan fingerprint density at radius 2 is 1.83 bits per heavy atom. The van der Waals surface area contributed by atoms with Crippen LogP contribution in [0.15, 0.2) is 65.8 Å². The van der Waals surface area contributed by atoms with Crippen molar-refractivity contribution in [3.63, 3.8) is 0 Å². The van der Waals surface area contributed by atoms with Crippen LogP contribution in [0.25, 0.3) is 11.4 Å². The summed E-state index contributed by atoms with van der Waals surface area (Å²) in [6.45, 7) is 0.321. The number of H-pyrrole nitrogens is 1. The molecule has 3 rings (SSSR count). The summed E-state index contributed by atoms with van der Waals surface area (Å²) in [5.41, 5.74) is 1.21. The number of nitrogens with zero attached hydrogens (tertiary/aromatic N) is 2. The fraction of sp³-hybridized carbons (Fsp3) is 0.0588. The number of hydrogen-bond donors (Lipinski definition) is 2. The van der Waals surface area contributed by atoms with E-state index in [0.29, 0.717) is 12.4 Å². The summed E-state index contributed by atoms with van der Waals surface area (Å²) in [7, 11) is 0. The highest BCUT2D eigenvalue weighted by Crippen LogP contribution is 2.11. The normalized spacial score (nSPS) is 10.3. The molecule has 3 aromatic rings. The average Bonchev–Trinajstić information content (AvgIpc) is 2.61. The van der Waals surface area contributed by atoms with E-state index in [-0.39, 0.29) is 5.56 Å². The molecule has 1 aromatic carbocycles. The minimum absolute atomic E-state index is 0.0151. The van der Waals surface area contributed by atoms with Crippen LogP contribution in [0.4, 0.5) is 0 Å². The molecule has 2 heterocycles. The number of amides is 1. The van der Waals surface area contributed by atoms with E-state index < -0.39 is 11.5 Å². The quantitative estimate of drug-likeness (QED) is 0.769. The van der Waals surface area contributed by atoms with Gasteiger partial charge in [0, 0.05) is 30.7 Å². The summed E-state index contributed by atoms with van der Waals surface area (Å²) < 4.78 is 0. The van der Waals surface area contributed by atoms with Crippen molar-refractivity contribution in [2.45, 2.75) is 6.54 Å². The lowest BCUT2D eigenvalue weighted by Gasteiger charge is -2.05. The van der Waals surface area contributed by atoms with E-state index in [1.165, 1.54) is 6.20 Å². The van der Waals surface area contributed by atoms with Gasteiger partial charge in [-0.1, -0.05) is 30.3 Å². The highest BCUT2D eigenvalue weighted by molar-refractivity contribution is 5.93. The number of benzene rings is 1. The zero-order valence-corrected chi connectivity index (χ0v) is 12.2. The van der Waals surface area contributed by atoms with E-state index in [1.807, 2.05) is 30.3 Å². The maximum absolute atomic E-state index is 12.1. The zero-order valence-electron chi connectivity index (χ0n) is 12.2. The first-order valence-corrected chi connectivity index (χ1v) is 7.06. The predicted octanol–water partition coefficient (Wildman–Crippen LogP) is 1.76. The monoisotopic (exact) mass is 306 g/mol. The molecule has 0 bridgehead atoms. The minimum Gasteiger partial charge on any atom is -0.348 e. The van der Waals surface area contributed by atoms with Crippen LogP contribution in [0.5, 0.6) is 0 Å². The van der Waals surface area contributed by atoms with Gasteiger partial charge in [0.15, 0.2) is 0 Å². The molecule has 23 heavy (non-hydrogen) atoms. The Kier molecular flexibility index (Phi) is 4.24. The van der Waals surface area contributed by atoms with Gasteiger partial charge in [-0.15, -0.1) is 0 Å². The first-order chi connectivity index (χ1) is 11.2. The lowest BCUT2D eigenvalue weighted by atomic mass is 10.2. The van der Waals surface area contributed by atoms with Crippen LogP contribution in [-0.2, 0) is 6.54 Å². The molecular weight excluding hydrogens is 292 g/mol. The molecule has 0 atom stereocenters. The number of nitrogens with one attached hydrogen (secondary N) is 2. The molecule has 0 radical (unpaired) electrons. The Hall–Kier alpha value is -3.28. The molecule has 0 saturated heterocycles. The van der Waals surface area contributed by atoms with Gasteiger partial charge in [-0.05, 0) is 17.7 Å². The predicted molar refractivity (Wildman–Crippen MR) is 85.7 cm³/mol. The van der Waals surface area contributed by atoms with Gasteiger partial charge < -0.3 is 10.3 Å². The summed E-state index contributed by atoms with van der Waals surface area (Å²) in [6, 6.07) is 12.8. The Morgan fingerprint density at radius 1 is 1.09 bits per heavy atom. The number of rotatable bonds is 4. The average molecular weight is 306 g/mol. The molecule has 114 valence electrons. The second kappa shape index (κ2) is 6.65. The number of aromatic amines is 1. The molecule has 0 spiro atoms. The largest absolute Gasteiger partial charge is 0.348 e. The molecular formula is C17H14N4O2. The van der Waals surface area contributed by atoms with Crippen molar-refractivity contribution >= 4 is 5.91 Å². The van der Waals surface area contributed by atoms with Gasteiger partial charge in [-0.2, -0.15) is 0 Å². The molecule has 0 fully saturated rings. The standard InChI is InChI=1S/C17H14N4O2/c22-16(20-10-12-6-8-18-9-7-12)14-11-19-15(21-17(14)23)13-4-2-1-3-5-13/h1-9,11H,10H2,(H,20,22)(H,19,21,23). The molecule has 0 aliphatic rings. The molecule has 6 nitrogen and oxygen atoms in total. The van der Waals surface area contributed by atoms with Gasteiger partial charge in [0.1, 0.15) is 11.4 Å². The van der Waals surface area contributed by atoms with E-state index in [1.54, 1.807) is 24.5 Å². The third-order valence-electron chi connectivity index (χ3n) is 3.29. The lowest BCUT2D eigenvalue weighted by molar-refractivity contribution is 0.0949. The summed E-state index contributed by atoms with van der Waals surface area (Å²) >= 11 is 0. The van der Waals surface area contributed by atoms with Crippen molar-refractivity contribution < 1.29 is 4.79 Å². The third-order valence-corrected chi connectivity index (χ3v) is 3.29. The van der Waals surface area contributed by atoms with Gasteiger partial charge >= 0.3 is 0 Å². The molecule has 0 saturated carbocycles. The van der Waals surface area contributed by atoms with E-state index >= 15 is 0 Å². The maximum atomic E-state index is 12.1. The first kappa shape index (κ1) is 14.6. The van der Waals surface area contributed by atoms with E-state index in [4.69, 9.17) is 0 Å². The van der Waals surface area contributed by atoms with E-state index in [9.17, 15) is 9.59 Å². The second-order valence-corrected chi connectivity index (χ2v) is 4.88. The van der Waals surface area contributed by atoms with Crippen molar-refractivity contribution in [2.75, 3.05) is 0 Å². The summed E-state index contributed by atoms with van der Waals surface area (Å²) in [5.74, 6) is -0.0311. The van der Waals surface area contributed by atoms with Crippen LogP contribution < -0.4 is 10.9 Å². The highest BCUT2D eigenvalue weighted by atomic mass is 16.2. The molecule has 0 unspecified atom stereocenters. The fourth-order valence-corrected chi connectivity index (χ4v) is 2.08. The van der Waals surface area contributed by atoms with Crippen LogP contribution in [0.1, 0.15) is 15.9 Å². The second-order valence-electron chi connectivity index (χ2n) is 4.88. The smallest absolute Gasteiger partial charge is 0.264 e. The van der Waals surface area contributed by atoms with Crippen molar-refractivity contribution in [3.8, 4) is 11.4 Å². The van der Waals surface area contributed by atoms with Crippen molar-refractivity contribution in [3.05, 3.63) is 82.5 Å². The van der Waals surface area contributed by atoms with Crippen LogP contribution in [0.2, 0.25) is 0 Å². The Bertz CT molecular complexity index is 861. The van der Waals surface area contributed by atoms with Crippen molar-refractivity contribution in [2.24, 2.45) is 0 Å². The number of pyridine rings is 1. The summed E-state index contributed by atoms with van der Waals surface area (Å²) in [4.78, 5) is 34.9. The third kappa shape index (κ3) is 3.49. The van der Waals surface area contributed by atoms with Gasteiger partial charge in [0.25, 0.3) is 11.5 Å². The van der Waals surface area contributed by atoms with Crippen LogP contribution in [-0.4, -0.2) is 20.9 Å². The number of carbonyl (C=O) groups is 1. The summed E-state index contributed by atoms with van der Waals surface area (Å²) in [6.07, 6.45) is 4.58. The zero-order chi connectivity index (χ0) is 16.1. The maximum Gasteiger partial charge on any atom is 0.264 e. The van der Waals surface area contributed by atoms with Crippen molar-refractivity contribution in [1.82, 2.24) is 20.3 Å². The number of hydrogen-bond acceptors (Lipinski definition) is 4. The minimum atomic E-state index is -0.467. The Morgan fingerprint density at radius 3 is 2.52 bits per heavy atom. The molecule has 2 aromatic heterocycles. The molecule has 0 aliphatic carbocycles. The van der Waals surface area contributed by atoms with Crippen molar-refractivity contribution in [1.29, 1.82) is 0 Å². The van der Waals surface area contributed by atoms with Gasteiger partial charge in [0.2, 0.25) is 0 Å². The van der Waals surface area contributed by atoms with Crippen LogP contribution >= 0.6 is 0 Å². The summed E-state index contributed by atoms with van der Waals surface area (Å²) in [5, 5.41) is 2.69. The van der Waals surface area contributed by atoms with Gasteiger partial charge in [0.05, 0.1) is 0 Å². The fourth-order valence-electron chi connectivity index (χ4n) is 2.08. The highest BCUT2D eigenvalue weighted by Gasteiger charge is 2.12. The van der Waals surface area contributed by atoms with Gasteiger partial charge in [-0.25, -0.2) is 4.98 Å².